The van der Waals surface area contributed by atoms with E-state index in [1.54, 1.807) is 4.90 Å². The summed E-state index contributed by atoms with van der Waals surface area (Å²) in [6.45, 7) is 3.61. The summed E-state index contributed by atoms with van der Waals surface area (Å²) in [7, 11) is 0. The zero-order valence-electron chi connectivity index (χ0n) is 13.6. The molecule has 24 heavy (non-hydrogen) atoms. The number of nitrogens with one attached hydrogen (secondary N) is 2. The standard InChI is InChI=1S/C17H22BrN3O2.ClH/c1-11-10-12(6-8-19-11)20-16(22)13-7-9-21(17(13)23)15-5-3-2-4-14(15)18;/h2-5,11-13,19H,6-10H2,1H3,(H,20,22);1H. The average molecular weight is 417 g/mol. The minimum atomic E-state index is -0.563. The van der Waals surface area contributed by atoms with E-state index >= 15 is 0 Å². The molecule has 0 aliphatic carbocycles. The van der Waals surface area contributed by atoms with E-state index in [1.165, 1.54) is 0 Å². The second-order valence-corrected chi connectivity index (χ2v) is 7.22. The number of amides is 2. The Kier molecular flexibility index (Phi) is 6.66. The minimum absolute atomic E-state index is 0. The van der Waals surface area contributed by atoms with E-state index in [2.05, 4.69) is 33.5 Å². The molecule has 2 N–H and O–H groups in total. The van der Waals surface area contributed by atoms with Crippen molar-refractivity contribution in [2.45, 2.75) is 38.3 Å². The van der Waals surface area contributed by atoms with Crippen molar-refractivity contribution in [2.75, 3.05) is 18.0 Å². The summed E-state index contributed by atoms with van der Waals surface area (Å²) in [5.41, 5.74) is 0.836. The van der Waals surface area contributed by atoms with Gasteiger partial charge >= 0.3 is 0 Å². The van der Waals surface area contributed by atoms with Gasteiger partial charge in [0.25, 0.3) is 0 Å². The van der Waals surface area contributed by atoms with Gasteiger partial charge in [0.15, 0.2) is 0 Å². The van der Waals surface area contributed by atoms with Crippen molar-refractivity contribution in [3.8, 4) is 0 Å². The minimum Gasteiger partial charge on any atom is -0.353 e. The molecule has 1 aromatic rings. The first-order valence-corrected chi connectivity index (χ1v) is 8.95. The summed E-state index contributed by atoms with van der Waals surface area (Å²) in [5, 5.41) is 6.44. The van der Waals surface area contributed by atoms with E-state index in [0.717, 1.165) is 29.5 Å². The number of nitrogens with zero attached hydrogens (tertiary/aromatic N) is 1. The maximum atomic E-state index is 12.6. The number of anilines is 1. The van der Waals surface area contributed by atoms with Gasteiger partial charge in [-0.05, 0) is 60.8 Å². The summed E-state index contributed by atoms with van der Waals surface area (Å²) < 4.78 is 0.876. The summed E-state index contributed by atoms with van der Waals surface area (Å²) in [4.78, 5) is 26.8. The van der Waals surface area contributed by atoms with E-state index in [1.807, 2.05) is 24.3 Å². The van der Waals surface area contributed by atoms with Crippen LogP contribution in [0.2, 0.25) is 0 Å². The van der Waals surface area contributed by atoms with Gasteiger partial charge in [-0.2, -0.15) is 0 Å². The molecule has 0 aromatic heterocycles. The highest BCUT2D eigenvalue weighted by Crippen LogP contribution is 2.31. The lowest BCUT2D eigenvalue weighted by Crippen LogP contribution is -2.49. The first-order valence-electron chi connectivity index (χ1n) is 8.16. The molecule has 0 radical (unpaired) electrons. The van der Waals surface area contributed by atoms with Crippen LogP contribution in [-0.2, 0) is 9.59 Å². The number of piperidine rings is 1. The summed E-state index contributed by atoms with van der Waals surface area (Å²) in [5.74, 6) is -0.785. The molecule has 5 nitrogen and oxygen atoms in total. The quantitative estimate of drug-likeness (QED) is 0.744. The van der Waals surface area contributed by atoms with Crippen LogP contribution in [0.1, 0.15) is 26.2 Å². The van der Waals surface area contributed by atoms with E-state index in [0.29, 0.717) is 19.0 Å². The highest BCUT2D eigenvalue weighted by atomic mass is 79.9. The van der Waals surface area contributed by atoms with Gasteiger partial charge in [-0.25, -0.2) is 0 Å². The molecular formula is C17H23BrClN3O2. The van der Waals surface area contributed by atoms with Crippen LogP contribution in [0.3, 0.4) is 0 Å². The molecule has 3 atom stereocenters. The summed E-state index contributed by atoms with van der Waals surface area (Å²) >= 11 is 3.48. The van der Waals surface area contributed by atoms with E-state index in [9.17, 15) is 9.59 Å². The third-order valence-electron chi connectivity index (χ3n) is 4.64. The average Bonchev–Trinajstić information content (AvgIpc) is 2.89. The molecule has 1 aromatic carbocycles. The number of halogens is 2. The molecule has 0 saturated carbocycles. The molecule has 2 amide bonds. The van der Waals surface area contributed by atoms with Crippen molar-refractivity contribution < 1.29 is 9.59 Å². The van der Waals surface area contributed by atoms with Crippen LogP contribution in [-0.4, -0.2) is 37.0 Å². The zero-order chi connectivity index (χ0) is 16.4. The van der Waals surface area contributed by atoms with Gasteiger partial charge < -0.3 is 15.5 Å². The van der Waals surface area contributed by atoms with Crippen molar-refractivity contribution in [3.63, 3.8) is 0 Å². The van der Waals surface area contributed by atoms with Crippen molar-refractivity contribution in [1.29, 1.82) is 0 Å². The van der Waals surface area contributed by atoms with Crippen LogP contribution in [0, 0.1) is 5.92 Å². The Labute approximate surface area is 157 Å². The Morgan fingerprint density at radius 3 is 2.79 bits per heavy atom. The van der Waals surface area contributed by atoms with Crippen LogP contribution < -0.4 is 15.5 Å². The Morgan fingerprint density at radius 2 is 2.08 bits per heavy atom. The fourth-order valence-corrected chi connectivity index (χ4v) is 3.90. The smallest absolute Gasteiger partial charge is 0.239 e. The number of benzene rings is 1. The molecule has 7 heteroatoms. The van der Waals surface area contributed by atoms with Crippen molar-refractivity contribution in [1.82, 2.24) is 10.6 Å². The maximum Gasteiger partial charge on any atom is 0.239 e. The highest BCUT2D eigenvalue weighted by molar-refractivity contribution is 9.10. The first kappa shape index (κ1) is 19.2. The largest absolute Gasteiger partial charge is 0.353 e. The number of carbonyl (C=O) groups is 2. The lowest BCUT2D eigenvalue weighted by Gasteiger charge is -2.29. The predicted molar refractivity (Wildman–Crippen MR) is 100 cm³/mol. The zero-order valence-corrected chi connectivity index (χ0v) is 16.0. The third-order valence-corrected chi connectivity index (χ3v) is 5.31. The SMILES string of the molecule is CC1CC(NC(=O)C2CCN(c3ccccc3Br)C2=O)CCN1.Cl. The summed E-state index contributed by atoms with van der Waals surface area (Å²) in [6, 6.07) is 8.20. The number of hydrogen-bond donors (Lipinski definition) is 2. The molecule has 2 aliphatic rings. The van der Waals surface area contributed by atoms with Crippen molar-refractivity contribution >= 4 is 45.8 Å². The van der Waals surface area contributed by atoms with Crippen LogP contribution in [0.4, 0.5) is 5.69 Å². The third kappa shape index (κ3) is 4.10. The van der Waals surface area contributed by atoms with Crippen LogP contribution >= 0.6 is 28.3 Å². The molecule has 0 spiro atoms. The van der Waals surface area contributed by atoms with Gasteiger partial charge in [0.2, 0.25) is 11.8 Å². The molecule has 2 saturated heterocycles. The Hall–Kier alpha value is -1.11. The van der Waals surface area contributed by atoms with E-state index < -0.39 is 5.92 Å². The molecule has 2 aliphatic heterocycles. The van der Waals surface area contributed by atoms with Gasteiger partial charge in [0, 0.05) is 23.1 Å². The van der Waals surface area contributed by atoms with Gasteiger partial charge in [-0.3, -0.25) is 9.59 Å². The lowest BCUT2D eigenvalue weighted by atomic mass is 9.99. The normalized spacial score (nSPS) is 26.8. The molecule has 0 bridgehead atoms. The monoisotopic (exact) mass is 415 g/mol. The molecule has 2 fully saturated rings. The lowest BCUT2D eigenvalue weighted by molar-refractivity contribution is -0.132. The maximum absolute atomic E-state index is 12.6. The fraction of sp³-hybridized carbons (Fsp3) is 0.529. The van der Waals surface area contributed by atoms with Gasteiger partial charge in [-0.15, -0.1) is 12.4 Å². The second-order valence-electron chi connectivity index (χ2n) is 6.37. The topological polar surface area (TPSA) is 61.4 Å². The predicted octanol–water partition coefficient (Wildman–Crippen LogP) is 2.48. The molecule has 3 unspecified atom stereocenters. The van der Waals surface area contributed by atoms with Crippen molar-refractivity contribution in [3.05, 3.63) is 28.7 Å². The first-order chi connectivity index (χ1) is 11.1. The number of carbonyl (C=O) groups excluding carboxylic acids is 2. The summed E-state index contributed by atoms with van der Waals surface area (Å²) in [6.07, 6.45) is 2.41. The molecule has 132 valence electrons. The fourth-order valence-electron chi connectivity index (χ4n) is 3.40. The van der Waals surface area contributed by atoms with Gasteiger partial charge in [0.05, 0.1) is 5.69 Å². The van der Waals surface area contributed by atoms with Gasteiger partial charge in [-0.1, -0.05) is 12.1 Å². The second kappa shape index (κ2) is 8.32. The van der Waals surface area contributed by atoms with Crippen LogP contribution in [0.25, 0.3) is 0 Å². The number of rotatable bonds is 3. The number of hydrogen-bond acceptors (Lipinski definition) is 3. The van der Waals surface area contributed by atoms with Crippen LogP contribution in [0.15, 0.2) is 28.7 Å². The van der Waals surface area contributed by atoms with Crippen LogP contribution in [0.5, 0.6) is 0 Å². The number of para-hydroxylation sites is 1. The van der Waals surface area contributed by atoms with Gasteiger partial charge in [0.1, 0.15) is 5.92 Å². The molecular weight excluding hydrogens is 394 g/mol. The van der Waals surface area contributed by atoms with Crippen molar-refractivity contribution in [2.24, 2.45) is 5.92 Å². The Morgan fingerprint density at radius 1 is 1.33 bits per heavy atom. The Balaban J connectivity index is 0.00000208. The highest BCUT2D eigenvalue weighted by Gasteiger charge is 2.39. The Bertz CT molecular complexity index is 613. The molecule has 3 rings (SSSR count). The van der Waals surface area contributed by atoms with E-state index in [4.69, 9.17) is 0 Å². The van der Waals surface area contributed by atoms with E-state index in [-0.39, 0.29) is 30.3 Å². The molecule has 2 heterocycles.